The number of methoxy groups -OCH3 is 1. The molecule has 0 fully saturated rings. The van der Waals surface area contributed by atoms with Crippen molar-refractivity contribution in [1.82, 2.24) is 15.0 Å². The highest BCUT2D eigenvalue weighted by atomic mass is 16.5. The molecule has 0 amide bonds. The van der Waals surface area contributed by atoms with Gasteiger partial charge in [-0.3, -0.25) is 4.98 Å². The van der Waals surface area contributed by atoms with Crippen LogP contribution in [0.2, 0.25) is 0 Å². The first-order valence-electron chi connectivity index (χ1n) is 6.67. The van der Waals surface area contributed by atoms with Crippen LogP contribution in [0.25, 0.3) is 0 Å². The summed E-state index contributed by atoms with van der Waals surface area (Å²) in [6, 6.07) is 5.97. The molecule has 20 heavy (non-hydrogen) atoms. The van der Waals surface area contributed by atoms with Gasteiger partial charge in [0.1, 0.15) is 12.4 Å². The largest absolute Gasteiger partial charge is 0.377 e. The quantitative estimate of drug-likeness (QED) is 0.874. The van der Waals surface area contributed by atoms with Gasteiger partial charge in [0.25, 0.3) is 0 Å². The number of rotatable bonds is 6. The minimum absolute atomic E-state index is 0.426. The maximum absolute atomic E-state index is 5.06. The number of pyridine rings is 1. The fourth-order valence-corrected chi connectivity index (χ4v) is 2.00. The summed E-state index contributed by atoms with van der Waals surface area (Å²) in [7, 11) is 1.64. The molecule has 0 saturated carbocycles. The Morgan fingerprint density at radius 2 is 2.10 bits per heavy atom. The van der Waals surface area contributed by atoms with Crippen molar-refractivity contribution in [1.29, 1.82) is 0 Å². The first kappa shape index (κ1) is 14.4. The SMILES string of the molecule is COCc1nc(C)cc(NCCc2ncccc2C)n1. The van der Waals surface area contributed by atoms with Gasteiger partial charge in [0.15, 0.2) is 5.82 Å². The second-order valence-electron chi connectivity index (χ2n) is 4.69. The zero-order chi connectivity index (χ0) is 14.4. The lowest BCUT2D eigenvalue weighted by Gasteiger charge is -2.09. The Morgan fingerprint density at radius 3 is 2.85 bits per heavy atom. The van der Waals surface area contributed by atoms with Crippen LogP contribution >= 0.6 is 0 Å². The molecule has 0 saturated heterocycles. The summed E-state index contributed by atoms with van der Waals surface area (Å²) in [6.07, 6.45) is 2.70. The van der Waals surface area contributed by atoms with Crippen molar-refractivity contribution in [2.45, 2.75) is 26.9 Å². The number of nitrogens with one attached hydrogen (secondary N) is 1. The van der Waals surface area contributed by atoms with Gasteiger partial charge in [0.2, 0.25) is 0 Å². The van der Waals surface area contributed by atoms with E-state index in [1.165, 1.54) is 5.56 Å². The summed E-state index contributed by atoms with van der Waals surface area (Å²) >= 11 is 0. The molecule has 1 N–H and O–H groups in total. The van der Waals surface area contributed by atoms with Crippen molar-refractivity contribution in [2.75, 3.05) is 19.0 Å². The van der Waals surface area contributed by atoms with Crippen LogP contribution in [0.15, 0.2) is 24.4 Å². The molecule has 0 bridgehead atoms. The van der Waals surface area contributed by atoms with Gasteiger partial charge in [-0.15, -0.1) is 0 Å². The molecule has 106 valence electrons. The first-order valence-corrected chi connectivity index (χ1v) is 6.67. The molecule has 0 aliphatic heterocycles. The zero-order valence-corrected chi connectivity index (χ0v) is 12.2. The number of hydrogen-bond acceptors (Lipinski definition) is 5. The molecule has 5 heteroatoms. The van der Waals surface area contributed by atoms with Crippen molar-refractivity contribution in [2.24, 2.45) is 0 Å². The average molecular weight is 272 g/mol. The second kappa shape index (κ2) is 6.96. The molecular formula is C15H20N4O. The second-order valence-corrected chi connectivity index (χ2v) is 4.69. The summed E-state index contributed by atoms with van der Waals surface area (Å²) in [6.45, 7) is 5.25. The lowest BCUT2D eigenvalue weighted by molar-refractivity contribution is 0.177. The third-order valence-electron chi connectivity index (χ3n) is 2.96. The smallest absolute Gasteiger partial charge is 0.156 e. The molecule has 0 aromatic carbocycles. The number of anilines is 1. The van der Waals surface area contributed by atoms with Crippen LogP contribution in [-0.2, 0) is 17.8 Å². The monoisotopic (exact) mass is 272 g/mol. The van der Waals surface area contributed by atoms with Crippen LogP contribution in [-0.4, -0.2) is 28.6 Å². The predicted molar refractivity (Wildman–Crippen MR) is 78.6 cm³/mol. The van der Waals surface area contributed by atoms with Crippen molar-refractivity contribution in [3.8, 4) is 0 Å². The van der Waals surface area contributed by atoms with E-state index in [9.17, 15) is 0 Å². The molecule has 2 heterocycles. The summed E-state index contributed by atoms with van der Waals surface area (Å²) in [4.78, 5) is 13.1. The Labute approximate surface area is 119 Å². The highest BCUT2D eigenvalue weighted by molar-refractivity contribution is 5.36. The maximum Gasteiger partial charge on any atom is 0.156 e. The molecule has 2 aromatic heterocycles. The minimum Gasteiger partial charge on any atom is -0.377 e. The van der Waals surface area contributed by atoms with E-state index < -0.39 is 0 Å². The van der Waals surface area contributed by atoms with Crippen LogP contribution in [0.4, 0.5) is 5.82 Å². The third-order valence-corrected chi connectivity index (χ3v) is 2.96. The van der Waals surface area contributed by atoms with E-state index in [1.807, 2.05) is 25.3 Å². The average Bonchev–Trinajstić information content (AvgIpc) is 2.41. The Hall–Kier alpha value is -2.01. The Morgan fingerprint density at radius 1 is 1.25 bits per heavy atom. The van der Waals surface area contributed by atoms with Gasteiger partial charge in [-0.1, -0.05) is 6.07 Å². The van der Waals surface area contributed by atoms with Gasteiger partial charge in [-0.2, -0.15) is 0 Å². The Kier molecular flexibility index (Phi) is 5.01. The number of aromatic nitrogens is 3. The van der Waals surface area contributed by atoms with Crippen molar-refractivity contribution in [3.63, 3.8) is 0 Å². The van der Waals surface area contributed by atoms with Gasteiger partial charge in [0, 0.05) is 43.7 Å². The topological polar surface area (TPSA) is 59.9 Å². The van der Waals surface area contributed by atoms with E-state index in [0.717, 1.165) is 30.2 Å². The van der Waals surface area contributed by atoms with Crippen LogP contribution in [0.3, 0.4) is 0 Å². The number of aryl methyl sites for hydroxylation is 2. The number of hydrogen-bond donors (Lipinski definition) is 1. The van der Waals surface area contributed by atoms with Crippen LogP contribution in [0.1, 0.15) is 22.8 Å². The van der Waals surface area contributed by atoms with Gasteiger partial charge in [-0.05, 0) is 25.5 Å². The summed E-state index contributed by atoms with van der Waals surface area (Å²) in [5, 5.41) is 3.31. The lowest BCUT2D eigenvalue weighted by atomic mass is 10.2. The van der Waals surface area contributed by atoms with Crippen molar-refractivity contribution >= 4 is 5.82 Å². The molecule has 0 aliphatic carbocycles. The fraction of sp³-hybridized carbons (Fsp3) is 0.400. The predicted octanol–water partition coefficient (Wildman–Crippen LogP) is 2.29. The van der Waals surface area contributed by atoms with Crippen LogP contribution in [0.5, 0.6) is 0 Å². The molecule has 0 unspecified atom stereocenters. The number of ether oxygens (including phenoxy) is 1. The van der Waals surface area contributed by atoms with E-state index in [-0.39, 0.29) is 0 Å². The standard InChI is InChI=1S/C15H20N4O/c1-11-5-4-7-16-13(11)6-8-17-14-9-12(2)18-15(19-14)10-20-3/h4-5,7,9H,6,8,10H2,1-3H3,(H,17,18,19). The maximum atomic E-state index is 5.06. The van der Waals surface area contributed by atoms with Crippen molar-refractivity contribution < 1.29 is 4.74 Å². The highest BCUT2D eigenvalue weighted by Gasteiger charge is 2.03. The van der Waals surface area contributed by atoms with E-state index >= 15 is 0 Å². The van der Waals surface area contributed by atoms with E-state index in [0.29, 0.717) is 12.4 Å². The molecule has 0 aliphatic rings. The Bertz CT molecular complexity index is 572. The van der Waals surface area contributed by atoms with Crippen LogP contribution < -0.4 is 5.32 Å². The summed E-state index contributed by atoms with van der Waals surface area (Å²) in [5.74, 6) is 1.53. The fourth-order valence-electron chi connectivity index (χ4n) is 2.00. The minimum atomic E-state index is 0.426. The molecule has 2 rings (SSSR count). The third kappa shape index (κ3) is 3.99. The summed E-state index contributed by atoms with van der Waals surface area (Å²) in [5.41, 5.74) is 3.26. The first-order chi connectivity index (χ1) is 9.69. The zero-order valence-electron chi connectivity index (χ0n) is 12.2. The molecule has 5 nitrogen and oxygen atoms in total. The van der Waals surface area contributed by atoms with E-state index in [4.69, 9.17) is 4.74 Å². The Balaban J connectivity index is 1.95. The molecule has 0 spiro atoms. The number of nitrogens with zero attached hydrogens (tertiary/aromatic N) is 3. The lowest BCUT2D eigenvalue weighted by Crippen LogP contribution is -2.10. The van der Waals surface area contributed by atoms with E-state index in [2.05, 4.69) is 33.3 Å². The molecule has 2 aromatic rings. The molecule has 0 atom stereocenters. The van der Waals surface area contributed by atoms with Crippen LogP contribution in [0, 0.1) is 13.8 Å². The van der Waals surface area contributed by atoms with Gasteiger partial charge in [0.05, 0.1) is 0 Å². The van der Waals surface area contributed by atoms with Crippen molar-refractivity contribution in [3.05, 3.63) is 47.2 Å². The van der Waals surface area contributed by atoms with Gasteiger partial charge < -0.3 is 10.1 Å². The van der Waals surface area contributed by atoms with Gasteiger partial charge in [-0.25, -0.2) is 9.97 Å². The van der Waals surface area contributed by atoms with E-state index in [1.54, 1.807) is 7.11 Å². The molecule has 0 radical (unpaired) electrons. The van der Waals surface area contributed by atoms with Gasteiger partial charge >= 0.3 is 0 Å². The molecular weight excluding hydrogens is 252 g/mol. The summed E-state index contributed by atoms with van der Waals surface area (Å²) < 4.78 is 5.06. The normalized spacial score (nSPS) is 10.6. The highest BCUT2D eigenvalue weighted by Crippen LogP contribution is 2.08.